The molecule has 0 saturated carbocycles. The Morgan fingerprint density at radius 1 is 1.35 bits per heavy atom. The summed E-state index contributed by atoms with van der Waals surface area (Å²) in [6.45, 7) is 1.17. The van der Waals surface area contributed by atoms with Crippen molar-refractivity contribution >= 4 is 12.0 Å². The third-order valence-corrected chi connectivity index (χ3v) is 3.50. The molecule has 3 rings (SSSR count). The van der Waals surface area contributed by atoms with Crippen molar-refractivity contribution in [2.24, 2.45) is 0 Å². The average molecular weight is 315 g/mol. The predicted octanol–water partition coefficient (Wildman–Crippen LogP) is 1.77. The fraction of sp³-hybridized carbons (Fsp3) is 0.312. The van der Waals surface area contributed by atoms with Crippen LogP contribution >= 0.6 is 0 Å². The van der Waals surface area contributed by atoms with E-state index in [1.165, 1.54) is 13.2 Å². The molecule has 0 spiro atoms. The van der Waals surface area contributed by atoms with Crippen molar-refractivity contribution in [1.29, 1.82) is 0 Å². The predicted molar refractivity (Wildman–Crippen MR) is 81.9 cm³/mol. The highest BCUT2D eigenvalue weighted by atomic mass is 16.5. The van der Waals surface area contributed by atoms with Gasteiger partial charge in [0.25, 0.3) is 0 Å². The molecule has 120 valence electrons. The lowest BCUT2D eigenvalue weighted by Crippen LogP contribution is -2.29. The zero-order chi connectivity index (χ0) is 16.1. The zero-order valence-corrected chi connectivity index (χ0v) is 12.7. The van der Waals surface area contributed by atoms with Crippen LogP contribution in [-0.4, -0.2) is 47.3 Å². The highest BCUT2D eigenvalue weighted by Crippen LogP contribution is 2.18. The number of amides is 1. The minimum Gasteiger partial charge on any atom is -0.480 e. The van der Waals surface area contributed by atoms with E-state index in [1.54, 1.807) is 41.5 Å². The second kappa shape index (κ2) is 6.95. The van der Waals surface area contributed by atoms with Crippen LogP contribution in [0.2, 0.25) is 0 Å². The number of nitrogens with zero attached hydrogens (tertiary/aromatic N) is 3. The summed E-state index contributed by atoms with van der Waals surface area (Å²) in [7, 11) is 1.53. The topological polar surface area (TPSA) is 77.7 Å². The number of hydrogen-bond acceptors (Lipinski definition) is 6. The first kappa shape index (κ1) is 15.1. The Morgan fingerprint density at radius 3 is 2.87 bits per heavy atom. The Labute approximate surface area is 133 Å². The van der Waals surface area contributed by atoms with Crippen molar-refractivity contribution < 1.29 is 18.7 Å². The number of furan rings is 1. The van der Waals surface area contributed by atoms with Gasteiger partial charge in [0, 0.05) is 31.2 Å². The number of ether oxygens (including phenoxy) is 2. The smallest absolute Gasteiger partial charge is 0.246 e. The van der Waals surface area contributed by atoms with E-state index in [4.69, 9.17) is 13.9 Å². The van der Waals surface area contributed by atoms with Crippen molar-refractivity contribution in [3.05, 3.63) is 42.4 Å². The molecule has 23 heavy (non-hydrogen) atoms. The van der Waals surface area contributed by atoms with Crippen LogP contribution in [0.4, 0.5) is 0 Å². The molecule has 7 nitrogen and oxygen atoms in total. The van der Waals surface area contributed by atoms with E-state index < -0.39 is 0 Å². The van der Waals surface area contributed by atoms with Gasteiger partial charge in [-0.3, -0.25) is 4.79 Å². The van der Waals surface area contributed by atoms with E-state index >= 15 is 0 Å². The molecule has 1 saturated heterocycles. The first-order valence-corrected chi connectivity index (χ1v) is 7.29. The van der Waals surface area contributed by atoms with Gasteiger partial charge in [0.15, 0.2) is 0 Å². The van der Waals surface area contributed by atoms with Gasteiger partial charge in [0.2, 0.25) is 17.7 Å². The van der Waals surface area contributed by atoms with Crippen molar-refractivity contribution in [2.75, 3.05) is 20.2 Å². The first-order chi connectivity index (χ1) is 11.2. The monoisotopic (exact) mass is 315 g/mol. The fourth-order valence-corrected chi connectivity index (χ4v) is 2.32. The molecule has 1 aliphatic rings. The van der Waals surface area contributed by atoms with Gasteiger partial charge >= 0.3 is 0 Å². The molecule has 1 amide bonds. The number of carbonyl (C=O) groups is 1. The third kappa shape index (κ3) is 3.88. The molecule has 7 heteroatoms. The largest absolute Gasteiger partial charge is 0.480 e. The standard InChI is InChI=1S/C16H17N3O4/c1-21-14-5-6-15(18-17-14)23-13-8-9-19(11-13)16(20)7-4-12-3-2-10-22-12/h2-7,10,13H,8-9,11H2,1H3/b7-4+/t13-/m1/s1. The lowest BCUT2D eigenvalue weighted by Gasteiger charge is -2.15. The molecule has 0 bridgehead atoms. The van der Waals surface area contributed by atoms with Gasteiger partial charge in [0.1, 0.15) is 11.9 Å². The van der Waals surface area contributed by atoms with Crippen LogP contribution in [0.25, 0.3) is 6.08 Å². The maximum atomic E-state index is 12.1. The number of likely N-dealkylation sites (tertiary alicyclic amines) is 1. The van der Waals surface area contributed by atoms with E-state index in [9.17, 15) is 4.79 Å². The van der Waals surface area contributed by atoms with Crippen LogP contribution in [-0.2, 0) is 4.79 Å². The quantitative estimate of drug-likeness (QED) is 0.783. The molecule has 1 fully saturated rings. The summed E-state index contributed by atoms with van der Waals surface area (Å²) in [6, 6.07) is 6.96. The van der Waals surface area contributed by atoms with Gasteiger partial charge in [-0.1, -0.05) is 0 Å². The van der Waals surface area contributed by atoms with Crippen LogP contribution in [0.5, 0.6) is 11.8 Å². The molecular formula is C16H17N3O4. The number of hydrogen-bond donors (Lipinski definition) is 0. The van der Waals surface area contributed by atoms with Crippen molar-refractivity contribution in [2.45, 2.75) is 12.5 Å². The second-order valence-corrected chi connectivity index (χ2v) is 5.08. The zero-order valence-electron chi connectivity index (χ0n) is 12.7. The van der Waals surface area contributed by atoms with E-state index in [0.717, 1.165) is 6.42 Å². The number of rotatable bonds is 5. The van der Waals surface area contributed by atoms with Gasteiger partial charge < -0.3 is 18.8 Å². The molecular weight excluding hydrogens is 298 g/mol. The van der Waals surface area contributed by atoms with Crippen LogP contribution in [0.3, 0.4) is 0 Å². The van der Waals surface area contributed by atoms with Gasteiger partial charge in [-0.25, -0.2) is 0 Å². The Balaban J connectivity index is 1.52. The summed E-state index contributed by atoms with van der Waals surface area (Å²) in [6.07, 6.45) is 5.41. The first-order valence-electron chi connectivity index (χ1n) is 7.29. The average Bonchev–Trinajstić information content (AvgIpc) is 3.25. The molecule has 2 aromatic rings. The number of aromatic nitrogens is 2. The molecule has 0 aromatic carbocycles. The summed E-state index contributed by atoms with van der Waals surface area (Å²) in [5, 5.41) is 7.78. The molecule has 3 heterocycles. The maximum Gasteiger partial charge on any atom is 0.246 e. The Hall–Kier alpha value is -2.83. The minimum atomic E-state index is -0.0846. The molecule has 1 atom stereocenters. The van der Waals surface area contributed by atoms with Crippen molar-refractivity contribution in [3.8, 4) is 11.8 Å². The van der Waals surface area contributed by atoms with Gasteiger partial charge in [0.05, 0.1) is 19.9 Å². The van der Waals surface area contributed by atoms with Gasteiger partial charge in [-0.15, -0.1) is 10.2 Å². The Kier molecular flexibility index (Phi) is 4.56. The number of methoxy groups -OCH3 is 1. The summed E-state index contributed by atoms with van der Waals surface area (Å²) < 4.78 is 15.8. The third-order valence-electron chi connectivity index (χ3n) is 3.50. The van der Waals surface area contributed by atoms with Crippen molar-refractivity contribution in [3.63, 3.8) is 0 Å². The lowest BCUT2D eigenvalue weighted by atomic mass is 10.3. The Morgan fingerprint density at radius 2 is 2.17 bits per heavy atom. The van der Waals surface area contributed by atoms with Gasteiger partial charge in [-0.2, -0.15) is 0 Å². The molecule has 0 unspecified atom stereocenters. The van der Waals surface area contributed by atoms with Crippen LogP contribution in [0, 0.1) is 0 Å². The van der Waals surface area contributed by atoms with Gasteiger partial charge in [-0.05, 0) is 18.2 Å². The van der Waals surface area contributed by atoms with E-state index in [1.807, 2.05) is 0 Å². The SMILES string of the molecule is COc1ccc(O[C@@H]2CCN(C(=O)/C=C/c3ccco3)C2)nn1. The van der Waals surface area contributed by atoms with E-state index in [0.29, 0.717) is 30.6 Å². The van der Waals surface area contributed by atoms with Crippen LogP contribution in [0.1, 0.15) is 12.2 Å². The van der Waals surface area contributed by atoms with E-state index in [-0.39, 0.29) is 12.0 Å². The maximum absolute atomic E-state index is 12.1. The highest BCUT2D eigenvalue weighted by Gasteiger charge is 2.26. The summed E-state index contributed by atoms with van der Waals surface area (Å²) >= 11 is 0. The van der Waals surface area contributed by atoms with Crippen LogP contribution < -0.4 is 9.47 Å². The highest BCUT2D eigenvalue weighted by molar-refractivity contribution is 5.91. The minimum absolute atomic E-state index is 0.0617. The fourth-order valence-electron chi connectivity index (χ4n) is 2.32. The summed E-state index contributed by atoms with van der Waals surface area (Å²) in [4.78, 5) is 13.9. The number of carbonyl (C=O) groups excluding carboxylic acids is 1. The summed E-state index contributed by atoms with van der Waals surface area (Å²) in [5.74, 6) is 1.45. The molecule has 0 radical (unpaired) electrons. The molecule has 2 aromatic heterocycles. The lowest BCUT2D eigenvalue weighted by molar-refractivity contribution is -0.125. The normalized spacial score (nSPS) is 17.6. The second-order valence-electron chi connectivity index (χ2n) is 5.08. The van der Waals surface area contributed by atoms with Crippen LogP contribution in [0.15, 0.2) is 41.0 Å². The van der Waals surface area contributed by atoms with E-state index in [2.05, 4.69) is 10.2 Å². The van der Waals surface area contributed by atoms with Crippen molar-refractivity contribution in [1.82, 2.24) is 15.1 Å². The Bertz CT molecular complexity index is 667. The molecule has 0 N–H and O–H groups in total. The summed E-state index contributed by atoms with van der Waals surface area (Å²) in [5.41, 5.74) is 0. The molecule has 0 aliphatic carbocycles. The molecule has 1 aliphatic heterocycles.